The second kappa shape index (κ2) is 20.6. The van der Waals surface area contributed by atoms with Gasteiger partial charge in [-0.2, -0.15) is 0 Å². The number of hydrogen-bond acceptors (Lipinski definition) is 10. The number of methoxy groups -OCH3 is 1. The zero-order chi connectivity index (χ0) is 41.7. The number of thiophene rings is 1. The van der Waals surface area contributed by atoms with Gasteiger partial charge in [-0.05, 0) is 72.0 Å². The van der Waals surface area contributed by atoms with Crippen LogP contribution in [0.25, 0.3) is 0 Å². The number of carbonyl (C=O) groups excluding carboxylic acids is 5. The van der Waals surface area contributed by atoms with E-state index in [1.54, 1.807) is 64.5 Å². The van der Waals surface area contributed by atoms with Crippen LogP contribution in [0, 0.1) is 0 Å². The highest BCUT2D eigenvalue weighted by molar-refractivity contribution is 7.10. The molecule has 3 heterocycles. The number of amides is 4. The number of nitrogens with zero attached hydrogens (tertiary/aromatic N) is 6. The molecule has 1 saturated heterocycles. The molecule has 5 aromatic rings. The van der Waals surface area contributed by atoms with Crippen LogP contribution in [0.15, 0.2) is 109 Å². The Bertz CT molecular complexity index is 2260. The van der Waals surface area contributed by atoms with Gasteiger partial charge >= 0.3 is 0 Å². The fraction of sp³-hybridized carbons (Fsp3) is 0.262. The molecule has 1 fully saturated rings. The van der Waals surface area contributed by atoms with Gasteiger partial charge in [0.05, 0.1) is 18.3 Å². The summed E-state index contributed by atoms with van der Waals surface area (Å²) in [6.07, 6.45) is 4.70. The van der Waals surface area contributed by atoms with E-state index in [-0.39, 0.29) is 47.6 Å². The van der Waals surface area contributed by atoms with Gasteiger partial charge in [0.1, 0.15) is 42.3 Å². The van der Waals surface area contributed by atoms with Crippen LogP contribution >= 0.6 is 34.5 Å². The molecule has 0 spiro atoms. The van der Waals surface area contributed by atoms with Crippen LogP contribution in [0.5, 0.6) is 11.5 Å². The molecule has 1 aliphatic rings. The van der Waals surface area contributed by atoms with Gasteiger partial charge in [0.2, 0.25) is 23.6 Å². The van der Waals surface area contributed by atoms with E-state index >= 15 is 0 Å². The lowest BCUT2D eigenvalue weighted by Gasteiger charge is -2.34. The van der Waals surface area contributed by atoms with Crippen LogP contribution in [0.4, 0.5) is 5.69 Å². The maximum Gasteiger partial charge on any atom is 0.248 e. The quantitative estimate of drug-likeness (QED) is 0.0739. The standard InChI is InChI=1S/C42H41Cl2N7O7S/c1-57-33-12-9-30(10-13-33)35(52)14-16-38(53)48-19-21-49(22-20-48)40(55)27-50-26-31(46-47-50)28-58-36-15-11-32(24-34(36)44)51(39(54)25-43)41(37-8-5-23-59-37)42(56)45-18-17-29-6-3-2-4-7-29/h2-16,23-24,26,41H,17-22,25,27-28H2,1H3,(H,45,56)/b16-14+. The number of aromatic nitrogens is 3. The van der Waals surface area contributed by atoms with Crippen LogP contribution < -0.4 is 19.7 Å². The number of piperazine rings is 1. The molecule has 1 N–H and O–H groups in total. The summed E-state index contributed by atoms with van der Waals surface area (Å²) in [5, 5.41) is 13.2. The Morgan fingerprint density at radius 2 is 1.68 bits per heavy atom. The van der Waals surface area contributed by atoms with Crippen molar-refractivity contribution in [3.63, 3.8) is 0 Å². The minimum absolute atomic E-state index is 0.0194. The number of ether oxygens (including phenoxy) is 2. The molecule has 0 radical (unpaired) electrons. The first-order valence-electron chi connectivity index (χ1n) is 18.6. The van der Waals surface area contributed by atoms with Crippen molar-refractivity contribution < 1.29 is 33.4 Å². The first kappa shape index (κ1) is 42.6. The number of anilines is 1. The Morgan fingerprint density at radius 3 is 2.36 bits per heavy atom. The molecule has 0 bridgehead atoms. The summed E-state index contributed by atoms with van der Waals surface area (Å²) in [4.78, 5) is 70.6. The minimum Gasteiger partial charge on any atom is -0.497 e. The van der Waals surface area contributed by atoms with E-state index in [0.717, 1.165) is 5.56 Å². The summed E-state index contributed by atoms with van der Waals surface area (Å²) >= 11 is 14.1. The van der Waals surface area contributed by atoms with Gasteiger partial charge in [-0.15, -0.1) is 28.0 Å². The topological polar surface area (TPSA) is 156 Å². The number of allylic oxidation sites excluding steroid dienone is 1. The lowest BCUT2D eigenvalue weighted by Crippen LogP contribution is -2.51. The monoisotopic (exact) mass is 857 g/mol. The first-order chi connectivity index (χ1) is 28.6. The summed E-state index contributed by atoms with van der Waals surface area (Å²) in [7, 11) is 1.54. The molecule has 0 aliphatic carbocycles. The molecule has 1 unspecified atom stereocenters. The third kappa shape index (κ3) is 11.3. The van der Waals surface area contributed by atoms with Crippen LogP contribution in [-0.4, -0.2) is 99.9 Å². The maximum absolute atomic E-state index is 13.7. The molecule has 17 heteroatoms. The Balaban J connectivity index is 1.01. The predicted molar refractivity (Wildman–Crippen MR) is 224 cm³/mol. The normalized spacial score (nSPS) is 13.2. The lowest BCUT2D eigenvalue weighted by molar-refractivity contribution is -0.137. The molecule has 4 amide bonds. The maximum atomic E-state index is 13.7. The van der Waals surface area contributed by atoms with Crippen LogP contribution in [0.3, 0.4) is 0 Å². The van der Waals surface area contributed by atoms with Crippen LogP contribution in [0.2, 0.25) is 5.02 Å². The molecule has 1 atom stereocenters. The van der Waals surface area contributed by atoms with Gasteiger partial charge in [0.25, 0.3) is 0 Å². The van der Waals surface area contributed by atoms with Crippen molar-refractivity contribution in [2.24, 2.45) is 0 Å². The molecule has 1 aliphatic heterocycles. The van der Waals surface area contributed by atoms with E-state index in [1.165, 1.54) is 40.2 Å². The van der Waals surface area contributed by atoms with Gasteiger partial charge in [-0.3, -0.25) is 28.9 Å². The van der Waals surface area contributed by atoms with Gasteiger partial charge in [-0.1, -0.05) is 53.2 Å². The van der Waals surface area contributed by atoms with Crippen molar-refractivity contribution in [2.75, 3.05) is 50.6 Å². The van der Waals surface area contributed by atoms with E-state index < -0.39 is 11.9 Å². The average Bonchev–Trinajstić information content (AvgIpc) is 3.97. The molecule has 2 aromatic heterocycles. The molecule has 6 rings (SSSR count). The number of carbonyl (C=O) groups is 5. The summed E-state index contributed by atoms with van der Waals surface area (Å²) in [5.74, 6) is -1.09. The molecular weight excluding hydrogens is 817 g/mol. The smallest absolute Gasteiger partial charge is 0.248 e. The van der Waals surface area contributed by atoms with Crippen molar-refractivity contribution in [1.82, 2.24) is 30.1 Å². The SMILES string of the molecule is COc1ccc(C(=O)/C=C/C(=O)N2CCN(C(=O)Cn3cc(COc4ccc(N(C(=O)CCl)C(C(=O)NCCc5ccccc5)c5cccs5)cc4Cl)nn3)CC2)cc1. The molecule has 0 saturated carbocycles. The van der Waals surface area contributed by atoms with E-state index in [0.29, 0.717) is 72.5 Å². The van der Waals surface area contributed by atoms with E-state index in [4.69, 9.17) is 32.7 Å². The van der Waals surface area contributed by atoms with Crippen LogP contribution in [0.1, 0.15) is 32.5 Å². The van der Waals surface area contributed by atoms with Crippen molar-refractivity contribution >= 4 is 69.6 Å². The highest BCUT2D eigenvalue weighted by Crippen LogP contribution is 2.36. The minimum atomic E-state index is -0.991. The first-order valence-corrected chi connectivity index (χ1v) is 20.4. The van der Waals surface area contributed by atoms with E-state index in [9.17, 15) is 24.0 Å². The number of alkyl halides is 1. The van der Waals surface area contributed by atoms with Gasteiger partial charge in [0, 0.05) is 54.9 Å². The van der Waals surface area contributed by atoms with E-state index in [2.05, 4.69) is 15.6 Å². The van der Waals surface area contributed by atoms with Crippen molar-refractivity contribution in [1.29, 1.82) is 0 Å². The number of hydrogen-bond donors (Lipinski definition) is 1. The number of ketones is 1. The predicted octanol–water partition coefficient (Wildman–Crippen LogP) is 5.36. The molecule has 3 aromatic carbocycles. The van der Waals surface area contributed by atoms with Gasteiger partial charge in [-0.25, -0.2) is 4.68 Å². The summed E-state index contributed by atoms with van der Waals surface area (Å²) in [5.41, 5.74) is 2.30. The molecule has 59 heavy (non-hydrogen) atoms. The third-order valence-electron chi connectivity index (χ3n) is 9.41. The Morgan fingerprint density at radius 1 is 0.932 bits per heavy atom. The fourth-order valence-electron chi connectivity index (χ4n) is 6.30. The van der Waals surface area contributed by atoms with Crippen molar-refractivity contribution in [3.05, 3.63) is 135 Å². The third-order valence-corrected chi connectivity index (χ3v) is 10.9. The second-order valence-electron chi connectivity index (χ2n) is 13.3. The zero-order valence-corrected chi connectivity index (χ0v) is 34.4. The van der Waals surface area contributed by atoms with Crippen LogP contribution in [-0.2, 0) is 38.8 Å². The molecular formula is C42H41Cl2N7O7S. The number of halogens is 2. The molecule has 14 nitrogen and oxygen atoms in total. The highest BCUT2D eigenvalue weighted by Gasteiger charge is 2.33. The van der Waals surface area contributed by atoms with E-state index in [1.807, 2.05) is 41.8 Å². The Kier molecular flexibility index (Phi) is 14.9. The Hall–Kier alpha value is -6.03. The highest BCUT2D eigenvalue weighted by atomic mass is 35.5. The largest absolute Gasteiger partial charge is 0.497 e. The lowest BCUT2D eigenvalue weighted by atomic mass is 10.1. The summed E-state index contributed by atoms with van der Waals surface area (Å²) in [6.45, 7) is 1.56. The van der Waals surface area contributed by atoms with Crippen molar-refractivity contribution in [2.45, 2.75) is 25.6 Å². The number of benzene rings is 3. The molecule has 306 valence electrons. The number of rotatable bonds is 17. The van der Waals surface area contributed by atoms with Gasteiger partial charge < -0.3 is 24.6 Å². The summed E-state index contributed by atoms with van der Waals surface area (Å²) in [6, 6.07) is 23.8. The number of nitrogens with one attached hydrogen (secondary N) is 1. The summed E-state index contributed by atoms with van der Waals surface area (Å²) < 4.78 is 12.5. The zero-order valence-electron chi connectivity index (χ0n) is 32.0. The Labute approximate surface area is 354 Å². The second-order valence-corrected chi connectivity index (χ2v) is 14.9. The fourth-order valence-corrected chi connectivity index (χ4v) is 7.47. The van der Waals surface area contributed by atoms with Crippen molar-refractivity contribution in [3.8, 4) is 11.5 Å². The van der Waals surface area contributed by atoms with Gasteiger partial charge in [0.15, 0.2) is 5.78 Å². The average molecular weight is 859 g/mol.